The first kappa shape index (κ1) is 11.0. The molecule has 0 bridgehead atoms. The molecule has 1 aromatic carbocycles. The van der Waals surface area contributed by atoms with Crippen LogP contribution >= 0.6 is 31.9 Å². The van der Waals surface area contributed by atoms with E-state index in [1.165, 1.54) is 6.07 Å². The Balaban J connectivity index is 3.14. The van der Waals surface area contributed by atoms with Gasteiger partial charge in [-0.15, -0.1) is 0 Å². The van der Waals surface area contributed by atoms with Crippen LogP contribution in [0.5, 0.6) is 0 Å². The SMILES string of the molecule is FC(F)(F)c1ccc(Br)c(CBr)c1. The zero-order chi connectivity index (χ0) is 10.1. The molecule has 0 saturated carbocycles. The molecule has 0 heterocycles. The van der Waals surface area contributed by atoms with Gasteiger partial charge in [0.1, 0.15) is 0 Å². The molecule has 1 aromatic rings. The summed E-state index contributed by atoms with van der Waals surface area (Å²) in [6, 6.07) is 3.58. The predicted molar refractivity (Wildman–Crippen MR) is 51.8 cm³/mol. The smallest absolute Gasteiger partial charge is 0.166 e. The molecule has 0 aliphatic rings. The number of hydrogen-bond donors (Lipinski definition) is 0. The van der Waals surface area contributed by atoms with Gasteiger partial charge in [-0.25, -0.2) is 0 Å². The molecule has 0 N–H and O–H groups in total. The summed E-state index contributed by atoms with van der Waals surface area (Å²) in [6.45, 7) is 0. The highest BCUT2D eigenvalue weighted by Crippen LogP contribution is 2.32. The fourth-order valence-corrected chi connectivity index (χ4v) is 2.08. The summed E-state index contributed by atoms with van der Waals surface area (Å²) in [5.74, 6) is 0. The quantitative estimate of drug-likeness (QED) is 0.675. The molecule has 0 atom stereocenters. The van der Waals surface area contributed by atoms with E-state index in [1.807, 2.05) is 0 Å². The molecule has 0 saturated heterocycles. The van der Waals surface area contributed by atoms with E-state index in [0.29, 0.717) is 15.4 Å². The van der Waals surface area contributed by atoms with Gasteiger partial charge in [0, 0.05) is 9.80 Å². The van der Waals surface area contributed by atoms with Crippen molar-refractivity contribution in [2.75, 3.05) is 0 Å². The van der Waals surface area contributed by atoms with Gasteiger partial charge in [0.05, 0.1) is 5.56 Å². The van der Waals surface area contributed by atoms with Crippen molar-refractivity contribution < 1.29 is 13.2 Å². The predicted octanol–water partition coefficient (Wildman–Crippen LogP) is 4.36. The van der Waals surface area contributed by atoms with Gasteiger partial charge in [-0.1, -0.05) is 31.9 Å². The van der Waals surface area contributed by atoms with Gasteiger partial charge < -0.3 is 0 Å². The number of alkyl halides is 4. The molecule has 0 amide bonds. The topological polar surface area (TPSA) is 0 Å². The molecular weight excluding hydrogens is 313 g/mol. The Hall–Kier alpha value is -0.0300. The van der Waals surface area contributed by atoms with Crippen LogP contribution in [0.3, 0.4) is 0 Å². The van der Waals surface area contributed by atoms with Crippen LogP contribution in [-0.4, -0.2) is 0 Å². The maximum atomic E-state index is 12.2. The fourth-order valence-electron chi connectivity index (χ4n) is 0.853. The van der Waals surface area contributed by atoms with Crippen molar-refractivity contribution >= 4 is 31.9 Å². The molecule has 72 valence electrons. The first-order valence-electron chi connectivity index (χ1n) is 3.36. The van der Waals surface area contributed by atoms with E-state index >= 15 is 0 Å². The number of benzene rings is 1. The first-order valence-corrected chi connectivity index (χ1v) is 5.28. The number of rotatable bonds is 1. The van der Waals surface area contributed by atoms with Gasteiger partial charge in [0.15, 0.2) is 0 Å². The van der Waals surface area contributed by atoms with Gasteiger partial charge in [-0.05, 0) is 23.8 Å². The highest BCUT2D eigenvalue weighted by Gasteiger charge is 2.30. The van der Waals surface area contributed by atoms with Crippen LogP contribution in [0.2, 0.25) is 0 Å². The highest BCUT2D eigenvalue weighted by molar-refractivity contribution is 9.10. The van der Waals surface area contributed by atoms with E-state index in [0.717, 1.165) is 12.1 Å². The Morgan fingerprint density at radius 2 is 1.85 bits per heavy atom. The van der Waals surface area contributed by atoms with Gasteiger partial charge in [0.2, 0.25) is 0 Å². The van der Waals surface area contributed by atoms with Crippen molar-refractivity contribution in [2.24, 2.45) is 0 Å². The summed E-state index contributed by atoms with van der Waals surface area (Å²) >= 11 is 6.27. The molecule has 5 heteroatoms. The molecule has 0 aliphatic carbocycles. The minimum Gasteiger partial charge on any atom is -0.166 e. The van der Waals surface area contributed by atoms with E-state index in [2.05, 4.69) is 31.9 Å². The van der Waals surface area contributed by atoms with E-state index in [4.69, 9.17) is 0 Å². The highest BCUT2D eigenvalue weighted by atomic mass is 79.9. The van der Waals surface area contributed by atoms with E-state index in [9.17, 15) is 13.2 Å². The summed E-state index contributed by atoms with van der Waals surface area (Å²) in [7, 11) is 0. The summed E-state index contributed by atoms with van der Waals surface area (Å²) in [5, 5.41) is 0.400. The van der Waals surface area contributed by atoms with Crippen molar-refractivity contribution in [3.8, 4) is 0 Å². The molecule has 0 fully saturated rings. The Morgan fingerprint density at radius 3 is 2.31 bits per heavy atom. The van der Waals surface area contributed by atoms with Crippen LogP contribution in [0.15, 0.2) is 22.7 Å². The van der Waals surface area contributed by atoms with Gasteiger partial charge in [0.25, 0.3) is 0 Å². The summed E-state index contributed by atoms with van der Waals surface area (Å²) < 4.78 is 37.3. The van der Waals surface area contributed by atoms with Gasteiger partial charge in [-0.3, -0.25) is 0 Å². The molecular formula is C8H5Br2F3. The average molecular weight is 318 g/mol. The average Bonchev–Trinajstić information content (AvgIpc) is 2.03. The van der Waals surface area contributed by atoms with Crippen molar-refractivity contribution in [3.05, 3.63) is 33.8 Å². The van der Waals surface area contributed by atoms with Crippen molar-refractivity contribution in [3.63, 3.8) is 0 Å². The van der Waals surface area contributed by atoms with Crippen molar-refractivity contribution in [1.29, 1.82) is 0 Å². The van der Waals surface area contributed by atoms with Gasteiger partial charge >= 0.3 is 6.18 Å². The molecule has 0 radical (unpaired) electrons. The lowest BCUT2D eigenvalue weighted by Gasteiger charge is -2.08. The Kier molecular flexibility index (Phi) is 3.40. The zero-order valence-corrected chi connectivity index (χ0v) is 9.50. The van der Waals surface area contributed by atoms with Crippen LogP contribution in [-0.2, 0) is 11.5 Å². The third-order valence-corrected chi connectivity index (χ3v) is 2.89. The van der Waals surface area contributed by atoms with Crippen LogP contribution in [0.1, 0.15) is 11.1 Å². The fraction of sp³-hybridized carbons (Fsp3) is 0.250. The monoisotopic (exact) mass is 316 g/mol. The number of hydrogen-bond acceptors (Lipinski definition) is 0. The third kappa shape index (κ3) is 2.71. The van der Waals surface area contributed by atoms with Crippen molar-refractivity contribution in [1.82, 2.24) is 0 Å². The molecule has 0 aromatic heterocycles. The maximum absolute atomic E-state index is 12.2. The molecule has 1 rings (SSSR count). The summed E-state index contributed by atoms with van der Waals surface area (Å²) in [5.41, 5.74) is -0.0278. The van der Waals surface area contributed by atoms with E-state index in [-0.39, 0.29) is 0 Å². The molecule has 0 unspecified atom stereocenters. The molecule has 0 aliphatic heterocycles. The van der Waals surface area contributed by atoms with E-state index in [1.54, 1.807) is 0 Å². The lowest BCUT2D eigenvalue weighted by molar-refractivity contribution is -0.137. The largest absolute Gasteiger partial charge is 0.416 e. The summed E-state index contributed by atoms with van der Waals surface area (Å²) in [6.07, 6.45) is -4.27. The van der Waals surface area contributed by atoms with Crippen molar-refractivity contribution in [2.45, 2.75) is 11.5 Å². The normalized spacial score (nSPS) is 11.8. The van der Waals surface area contributed by atoms with Crippen LogP contribution in [0, 0.1) is 0 Å². The Bertz CT molecular complexity index is 307. The van der Waals surface area contributed by atoms with Gasteiger partial charge in [-0.2, -0.15) is 13.2 Å². The second-order valence-electron chi connectivity index (χ2n) is 2.44. The Morgan fingerprint density at radius 1 is 1.23 bits per heavy atom. The number of halogens is 5. The van der Waals surface area contributed by atoms with Crippen LogP contribution in [0.25, 0.3) is 0 Å². The maximum Gasteiger partial charge on any atom is 0.416 e. The third-order valence-electron chi connectivity index (χ3n) is 1.52. The Labute approximate surface area is 90.4 Å². The summed E-state index contributed by atoms with van der Waals surface area (Å²) in [4.78, 5) is 0. The second kappa shape index (κ2) is 4.00. The molecule has 0 nitrogen and oxygen atoms in total. The standard InChI is InChI=1S/C8H5Br2F3/c9-4-5-3-6(8(11,12)13)1-2-7(5)10/h1-3H,4H2. The molecule has 13 heavy (non-hydrogen) atoms. The minimum atomic E-state index is -4.27. The minimum absolute atomic E-state index is 0.400. The lowest BCUT2D eigenvalue weighted by atomic mass is 10.1. The first-order chi connectivity index (χ1) is 5.95. The van der Waals surface area contributed by atoms with E-state index < -0.39 is 11.7 Å². The lowest BCUT2D eigenvalue weighted by Crippen LogP contribution is -2.05. The van der Waals surface area contributed by atoms with Crippen LogP contribution in [0.4, 0.5) is 13.2 Å². The second-order valence-corrected chi connectivity index (χ2v) is 3.85. The zero-order valence-electron chi connectivity index (χ0n) is 6.33. The van der Waals surface area contributed by atoms with Crippen LogP contribution < -0.4 is 0 Å². The molecule has 0 spiro atoms.